The number of fused-ring (bicyclic) bond motifs is 16. The van der Waals surface area contributed by atoms with Crippen molar-refractivity contribution in [2.75, 3.05) is 26.9 Å². The van der Waals surface area contributed by atoms with E-state index in [0.717, 1.165) is 60.7 Å². The Labute approximate surface area is 633 Å². The number of primary amides is 2. The molecule has 9 bridgehead atoms. The number of phenolic OH excluding ortho intramolecular Hbond substituents is 3. The third-order valence-electron chi connectivity index (χ3n) is 18.0. The van der Waals surface area contributed by atoms with Crippen LogP contribution in [-0.4, -0.2) is 204 Å². The number of amides is 7. The summed E-state index contributed by atoms with van der Waals surface area (Å²) in [5.74, 6) is -16.5. The molecule has 10 rings (SSSR count). The van der Waals surface area contributed by atoms with Gasteiger partial charge in [0.2, 0.25) is 53.4 Å². The second-order valence-corrected chi connectivity index (χ2v) is 27.8. The summed E-state index contributed by atoms with van der Waals surface area (Å²) in [5.41, 5.74) is 7.67. The highest BCUT2D eigenvalue weighted by Gasteiger charge is 2.49. The number of hydrogen-bond acceptors (Lipinski definition) is 27. The molecule has 37 heteroatoms. The maximum atomic E-state index is 15.8. The quantitative estimate of drug-likeness (QED) is 0.0329. The van der Waals surface area contributed by atoms with E-state index in [1.54, 1.807) is 20.8 Å². The van der Waals surface area contributed by atoms with Gasteiger partial charge in [-0.25, -0.2) is 9.59 Å². The van der Waals surface area contributed by atoms with Crippen molar-refractivity contribution >= 4 is 76.5 Å². The third-order valence-corrected chi connectivity index (χ3v) is 18.6. The summed E-state index contributed by atoms with van der Waals surface area (Å²) >= 11 is 14.1. The van der Waals surface area contributed by atoms with Gasteiger partial charge in [-0.05, 0) is 124 Å². The summed E-state index contributed by atoms with van der Waals surface area (Å²) in [5, 5.41) is 129. The number of aliphatic hydroxyl groups excluding tert-OH is 6. The number of halogens is 2. The van der Waals surface area contributed by atoms with E-state index in [-0.39, 0.29) is 53.0 Å². The van der Waals surface area contributed by atoms with Gasteiger partial charge >= 0.3 is 11.9 Å². The summed E-state index contributed by atoms with van der Waals surface area (Å²) in [6.45, 7) is 10.3. The minimum Gasteiger partial charge on any atom is -0.508 e. The summed E-state index contributed by atoms with van der Waals surface area (Å²) in [6.07, 6.45) is -20.7. The largest absolute Gasteiger partial charge is 0.508 e. The Balaban J connectivity index is 1.38. The third kappa shape index (κ3) is 20.8. The second kappa shape index (κ2) is 36.7. The predicted molar refractivity (Wildman–Crippen MR) is 381 cm³/mol. The van der Waals surface area contributed by atoms with Crippen molar-refractivity contribution in [3.63, 3.8) is 0 Å². The highest BCUT2D eigenvalue weighted by Crippen LogP contribution is 2.49. The molecule has 16 atom stereocenters. The average molecular weight is 1570 g/mol. The van der Waals surface area contributed by atoms with Gasteiger partial charge in [-0.1, -0.05) is 55.2 Å². The molecule has 0 spiro atoms. The summed E-state index contributed by atoms with van der Waals surface area (Å²) in [4.78, 5) is 126. The zero-order valence-corrected chi connectivity index (χ0v) is 61.6. The number of carboxylic acid groups (broad SMARTS) is 1. The minimum atomic E-state index is -2.34. The molecule has 109 heavy (non-hydrogen) atoms. The number of esters is 1. The molecule has 5 aromatic rings. The van der Waals surface area contributed by atoms with Gasteiger partial charge in [-0.15, -0.1) is 0 Å². The molecule has 592 valence electrons. The Hall–Kier alpha value is -9.73. The van der Waals surface area contributed by atoms with Crippen LogP contribution in [0.25, 0.3) is 11.1 Å². The molecular weight excluding hydrogens is 1480 g/mol. The van der Waals surface area contributed by atoms with E-state index >= 15 is 9.59 Å². The molecule has 7 amide bonds. The molecule has 1 saturated heterocycles. The average Bonchev–Trinajstić information content (AvgIpc) is 0.773. The number of benzene rings is 5. The SMILES string of the molecule is CCOC(CNC(C)(C)C(O)C(C)OC(C)OC1C(Oc2c3cc4cc2Oc2ccc(cc2Cl)[C@@H](O)CC(=O)NC(C(=O)O)c2cc(O)cc(O)c2-c2cc(ccc2O)[C@H](C(N)=O)NC(=O)C4NC(=O)C(CC(N)=O)NC(=O)[C@@H](NC(=O)CCC(C)C)C(O)c2ccc(c(Cl)c2)O3)OC(CO)C(O)C1O)C(=O)OC. The Kier molecular flexibility index (Phi) is 28.5. The van der Waals surface area contributed by atoms with E-state index in [4.69, 9.17) is 72.6 Å². The number of carboxylic acids is 1. The minimum absolute atomic E-state index is 0.0291. The van der Waals surface area contributed by atoms with Crippen LogP contribution < -0.4 is 57.6 Å². The summed E-state index contributed by atoms with van der Waals surface area (Å²) < 4.78 is 48.9. The zero-order valence-electron chi connectivity index (χ0n) is 60.1. The normalized spacial score (nSPS) is 23.8. The van der Waals surface area contributed by atoms with Gasteiger partial charge < -0.3 is 132 Å². The van der Waals surface area contributed by atoms with Gasteiger partial charge in [-0.3, -0.25) is 33.6 Å². The maximum Gasteiger partial charge on any atom is 0.336 e. The van der Waals surface area contributed by atoms with Gasteiger partial charge in [0.05, 0.1) is 54.9 Å². The molecule has 0 radical (unpaired) electrons. The fourth-order valence-electron chi connectivity index (χ4n) is 12.3. The van der Waals surface area contributed by atoms with Crippen LogP contribution in [0.5, 0.6) is 46.0 Å². The fraction of sp³-hybridized carbons (Fsp3) is 0.458. The molecule has 1 fully saturated rings. The van der Waals surface area contributed by atoms with Crippen molar-refractivity contribution in [3.8, 4) is 57.1 Å². The second-order valence-electron chi connectivity index (χ2n) is 27.0. The molecule has 5 aliphatic rings. The van der Waals surface area contributed by atoms with Crippen LogP contribution >= 0.6 is 23.2 Å². The lowest BCUT2D eigenvalue weighted by Gasteiger charge is -2.43. The van der Waals surface area contributed by atoms with Gasteiger partial charge in [0.25, 0.3) is 0 Å². The molecule has 20 N–H and O–H groups in total. The fourth-order valence-corrected chi connectivity index (χ4v) is 12.7. The number of nitrogens with two attached hydrogens (primary N) is 2. The molecule has 0 aromatic heterocycles. The number of hydrogen-bond donors (Lipinski definition) is 18. The number of rotatable bonds is 23. The molecule has 35 nitrogen and oxygen atoms in total. The van der Waals surface area contributed by atoms with E-state index in [1.165, 1.54) is 39.2 Å². The number of nitrogens with one attached hydrogen (secondary N) is 6. The molecule has 0 aliphatic carbocycles. The Morgan fingerprint density at radius 2 is 1.38 bits per heavy atom. The van der Waals surface area contributed by atoms with E-state index in [2.05, 4.69) is 31.9 Å². The number of carbonyl (C=O) groups excluding carboxylic acids is 8. The first-order chi connectivity index (χ1) is 51.3. The summed E-state index contributed by atoms with van der Waals surface area (Å²) in [7, 11) is 1.18. The van der Waals surface area contributed by atoms with Crippen molar-refractivity contribution in [2.24, 2.45) is 17.4 Å². The number of ether oxygens (including phenoxy) is 8. The topological polar surface area (TPSA) is 554 Å². The lowest BCUT2D eigenvalue weighted by atomic mass is 9.90. The lowest BCUT2D eigenvalue weighted by molar-refractivity contribution is -0.320. The Bertz CT molecular complexity index is 4210. The van der Waals surface area contributed by atoms with Crippen LogP contribution in [0.1, 0.15) is 132 Å². The highest BCUT2D eigenvalue weighted by atomic mass is 35.5. The monoisotopic (exact) mass is 1570 g/mol. The van der Waals surface area contributed by atoms with Gasteiger partial charge in [0.15, 0.2) is 36.0 Å². The van der Waals surface area contributed by atoms with E-state index in [0.29, 0.717) is 6.42 Å². The van der Waals surface area contributed by atoms with Crippen LogP contribution in [0.2, 0.25) is 10.0 Å². The van der Waals surface area contributed by atoms with Gasteiger partial charge in [0, 0.05) is 47.9 Å². The van der Waals surface area contributed by atoms with Crippen molar-refractivity contribution < 1.29 is 132 Å². The molecule has 5 aliphatic heterocycles. The number of carbonyl (C=O) groups is 9. The van der Waals surface area contributed by atoms with E-state index in [9.17, 15) is 84.6 Å². The van der Waals surface area contributed by atoms with Crippen LogP contribution in [0.3, 0.4) is 0 Å². The first-order valence-electron chi connectivity index (χ1n) is 34.3. The highest BCUT2D eigenvalue weighted by molar-refractivity contribution is 6.32. The van der Waals surface area contributed by atoms with Crippen molar-refractivity contribution in [2.45, 2.75) is 177 Å². The van der Waals surface area contributed by atoms with E-state index < -0.39 is 244 Å². The molecule has 5 heterocycles. The number of aromatic hydroxyl groups is 3. The number of aliphatic hydroxyl groups is 6. The molecular formula is C72H88Cl2N8O27. The lowest BCUT2D eigenvalue weighted by Crippen LogP contribution is -2.62. The first-order valence-corrected chi connectivity index (χ1v) is 35.0. The summed E-state index contributed by atoms with van der Waals surface area (Å²) in [6, 6.07) is 2.58. The van der Waals surface area contributed by atoms with Gasteiger partial charge in [0.1, 0.15) is 77.3 Å². The molecule has 5 aromatic carbocycles. The van der Waals surface area contributed by atoms with Crippen molar-refractivity contribution in [3.05, 3.63) is 117 Å². The van der Waals surface area contributed by atoms with Gasteiger partial charge in [-0.2, -0.15) is 0 Å². The standard InChI is InChI=1S/C72H88Cl2N8O27/c1-9-103-49(70(101)102-8)27-77-72(6,7)64(94)30(4)104-31(5)105-63-61(93)60(92)50(28-83)108-71(63)109-62-47-21-35-22-48(62)107-46-16-13-34(20-40(46)74)59(91)58(79-52(89)17-10-29(2)3)68(98)78-41(25-51(75)88)66(96)82-56(35)67(97)81-55(65(76)95)33-11-14-42(85)37(18-33)54-38(23-36(84)24-44(54)87)57(69(99)100)80-53(90)26-43(86)32-12-15-45(106-47)39(73)19-32/h11-16,18-24,29-31,41,43,49-50,55-61,63-64,71,77,83-87,91-94H,9-10,17,25-28H2,1-8H3,(H2,75,88)(H2,76,95)(H,78,98)(H,79,89)(H,80,90)(H,81,97)(H,82,96)(H,99,100)/t30?,31?,41?,43-,49?,50?,55+,56?,57?,58-,59?,60?,61?,63?,64?,71?/m0/s1. The Morgan fingerprint density at radius 1 is 0.743 bits per heavy atom. The van der Waals surface area contributed by atoms with E-state index in [1.807, 2.05) is 13.8 Å². The molecule has 13 unspecified atom stereocenters. The van der Waals surface area contributed by atoms with Crippen molar-refractivity contribution in [1.29, 1.82) is 0 Å². The zero-order chi connectivity index (χ0) is 80.4. The smallest absolute Gasteiger partial charge is 0.336 e. The maximum absolute atomic E-state index is 15.8. The predicted octanol–water partition coefficient (Wildman–Crippen LogP) is 2.13. The Morgan fingerprint density at radius 3 is 1.96 bits per heavy atom. The number of phenols is 3. The van der Waals surface area contributed by atoms with Crippen LogP contribution in [-0.2, 0) is 66.8 Å². The van der Waals surface area contributed by atoms with Crippen LogP contribution in [0.15, 0.2) is 78.9 Å². The number of aliphatic carboxylic acids is 1. The van der Waals surface area contributed by atoms with Crippen molar-refractivity contribution in [1.82, 2.24) is 31.9 Å². The van der Waals surface area contributed by atoms with Crippen LogP contribution in [0, 0.1) is 5.92 Å². The molecule has 0 saturated carbocycles. The van der Waals surface area contributed by atoms with Crippen LogP contribution in [0.4, 0.5) is 0 Å². The number of methoxy groups -OCH3 is 1. The first kappa shape index (κ1) is 84.9.